The third-order valence-corrected chi connectivity index (χ3v) is 6.10. The lowest BCUT2D eigenvalue weighted by atomic mass is 10.2. The van der Waals surface area contributed by atoms with Crippen LogP contribution in [0.2, 0.25) is 5.02 Å². The molecule has 29 heavy (non-hydrogen) atoms. The van der Waals surface area contributed by atoms with Crippen molar-refractivity contribution < 1.29 is 9.59 Å². The maximum atomic E-state index is 13.2. The molecule has 0 saturated carbocycles. The Balaban J connectivity index is 1.56. The van der Waals surface area contributed by atoms with Crippen LogP contribution in [0, 0.1) is 0 Å². The Morgan fingerprint density at radius 2 is 1.83 bits per heavy atom. The molecule has 2 heterocycles. The summed E-state index contributed by atoms with van der Waals surface area (Å²) < 4.78 is 1.61. The summed E-state index contributed by atoms with van der Waals surface area (Å²) in [6.07, 6.45) is 2.28. The van der Waals surface area contributed by atoms with E-state index in [-0.39, 0.29) is 11.8 Å². The van der Waals surface area contributed by atoms with Crippen molar-refractivity contribution in [3.8, 4) is 5.69 Å². The van der Waals surface area contributed by atoms with Crippen molar-refractivity contribution in [1.82, 2.24) is 25.1 Å². The van der Waals surface area contributed by atoms with E-state index in [1.807, 2.05) is 30.3 Å². The van der Waals surface area contributed by atoms with Crippen LogP contribution in [0.5, 0.6) is 0 Å². The molecule has 148 valence electrons. The van der Waals surface area contributed by atoms with Crippen LogP contribution in [0.25, 0.3) is 5.69 Å². The van der Waals surface area contributed by atoms with Gasteiger partial charge < -0.3 is 0 Å². The lowest BCUT2D eigenvalue weighted by Gasteiger charge is -2.22. The van der Waals surface area contributed by atoms with Gasteiger partial charge in [0, 0.05) is 17.1 Å². The number of nitrogens with zero attached hydrogens (tertiary/aromatic N) is 5. The summed E-state index contributed by atoms with van der Waals surface area (Å²) in [5, 5.41) is 12.5. The minimum Gasteiger partial charge on any atom is -0.278 e. The highest BCUT2D eigenvalue weighted by atomic mass is 35.5. The van der Waals surface area contributed by atoms with E-state index in [4.69, 9.17) is 11.6 Å². The van der Waals surface area contributed by atoms with E-state index >= 15 is 0 Å². The first-order valence-electron chi connectivity index (χ1n) is 9.25. The van der Waals surface area contributed by atoms with Gasteiger partial charge in [-0.05, 0) is 59.7 Å². The Hall–Kier alpha value is -2.71. The number of tetrazole rings is 1. The fourth-order valence-corrected chi connectivity index (χ4v) is 4.40. The summed E-state index contributed by atoms with van der Waals surface area (Å²) in [4.78, 5) is 27.4. The Morgan fingerprint density at radius 1 is 1.07 bits per heavy atom. The molecule has 1 aliphatic heterocycles. The highest BCUT2D eigenvalue weighted by Gasteiger charge is 2.33. The van der Waals surface area contributed by atoms with Gasteiger partial charge in [-0.15, -0.1) is 5.10 Å². The SMILES string of the molecule is O=C(c1ccc(Cl)cc1)N1CCCC[C@H](Sc2nnnn2-c2ccccc2)C1=O. The van der Waals surface area contributed by atoms with Crippen LogP contribution in [0.4, 0.5) is 0 Å². The largest absolute Gasteiger partial charge is 0.278 e. The normalized spacial score (nSPS) is 17.2. The van der Waals surface area contributed by atoms with Crippen LogP contribution in [0.3, 0.4) is 0 Å². The van der Waals surface area contributed by atoms with Crippen LogP contribution in [0.1, 0.15) is 29.6 Å². The number of thioether (sulfide) groups is 1. The van der Waals surface area contributed by atoms with Crippen LogP contribution < -0.4 is 0 Å². The highest BCUT2D eigenvalue weighted by Crippen LogP contribution is 2.30. The van der Waals surface area contributed by atoms with E-state index in [1.165, 1.54) is 16.7 Å². The van der Waals surface area contributed by atoms with Crippen molar-refractivity contribution >= 4 is 35.2 Å². The molecule has 0 N–H and O–H groups in total. The first-order chi connectivity index (χ1) is 14.1. The first kappa shape index (κ1) is 19.6. The minimum absolute atomic E-state index is 0.213. The number of hydrogen-bond acceptors (Lipinski definition) is 6. The predicted molar refractivity (Wildman–Crippen MR) is 110 cm³/mol. The molecule has 2 amide bonds. The molecule has 0 bridgehead atoms. The van der Waals surface area contributed by atoms with Crippen molar-refractivity contribution in [2.45, 2.75) is 29.7 Å². The number of imide groups is 1. The number of aromatic nitrogens is 4. The van der Waals surface area contributed by atoms with E-state index in [9.17, 15) is 9.59 Å². The number of para-hydroxylation sites is 1. The molecule has 1 saturated heterocycles. The number of benzene rings is 2. The number of likely N-dealkylation sites (tertiary alicyclic amines) is 1. The average molecular weight is 428 g/mol. The summed E-state index contributed by atoms with van der Waals surface area (Å²) in [7, 11) is 0. The maximum absolute atomic E-state index is 13.2. The van der Waals surface area contributed by atoms with Gasteiger partial charge in [0.25, 0.3) is 5.91 Å². The first-order valence-corrected chi connectivity index (χ1v) is 10.5. The van der Waals surface area contributed by atoms with Crippen LogP contribution in [0.15, 0.2) is 59.8 Å². The average Bonchev–Trinajstić information content (AvgIpc) is 3.13. The molecule has 1 atom stereocenters. The van der Waals surface area contributed by atoms with Gasteiger partial charge in [0.1, 0.15) is 0 Å². The molecule has 2 aromatic carbocycles. The van der Waals surface area contributed by atoms with E-state index in [0.717, 1.165) is 18.5 Å². The second kappa shape index (κ2) is 8.75. The molecule has 9 heteroatoms. The van der Waals surface area contributed by atoms with Gasteiger partial charge in [-0.1, -0.05) is 48.0 Å². The fourth-order valence-electron chi connectivity index (χ4n) is 3.18. The zero-order chi connectivity index (χ0) is 20.2. The molecule has 0 aliphatic carbocycles. The van der Waals surface area contributed by atoms with E-state index < -0.39 is 5.25 Å². The Kier molecular flexibility index (Phi) is 5.92. The van der Waals surface area contributed by atoms with Gasteiger partial charge in [-0.2, -0.15) is 4.68 Å². The lowest BCUT2D eigenvalue weighted by Crippen LogP contribution is -2.41. The molecule has 1 aromatic heterocycles. The Bertz CT molecular complexity index is 1010. The topological polar surface area (TPSA) is 81.0 Å². The van der Waals surface area contributed by atoms with Crippen LogP contribution >= 0.6 is 23.4 Å². The number of hydrogen-bond donors (Lipinski definition) is 0. The van der Waals surface area contributed by atoms with Crippen molar-refractivity contribution in [3.63, 3.8) is 0 Å². The lowest BCUT2D eigenvalue weighted by molar-refractivity contribution is -0.127. The zero-order valence-electron chi connectivity index (χ0n) is 15.4. The van der Waals surface area contributed by atoms with Crippen LogP contribution in [-0.4, -0.2) is 48.7 Å². The molecule has 3 aromatic rings. The van der Waals surface area contributed by atoms with Gasteiger partial charge in [0.2, 0.25) is 11.1 Å². The number of carbonyl (C=O) groups excluding carboxylic acids is 2. The summed E-state index contributed by atoms with van der Waals surface area (Å²) in [5.41, 5.74) is 1.26. The Morgan fingerprint density at radius 3 is 2.59 bits per heavy atom. The van der Waals surface area contributed by atoms with E-state index in [1.54, 1.807) is 28.9 Å². The monoisotopic (exact) mass is 427 g/mol. The second-order valence-corrected chi connectivity index (χ2v) is 8.22. The fraction of sp³-hybridized carbons (Fsp3) is 0.250. The molecular formula is C20H18ClN5O2S. The number of rotatable bonds is 4. The molecule has 1 fully saturated rings. The summed E-state index contributed by atoms with van der Waals surface area (Å²) in [6.45, 7) is 0.404. The van der Waals surface area contributed by atoms with Crippen molar-refractivity contribution in [2.24, 2.45) is 0 Å². The van der Waals surface area contributed by atoms with E-state index in [0.29, 0.717) is 28.7 Å². The van der Waals surface area contributed by atoms with Gasteiger partial charge >= 0.3 is 0 Å². The molecular weight excluding hydrogens is 410 g/mol. The number of amides is 2. The van der Waals surface area contributed by atoms with Crippen molar-refractivity contribution in [3.05, 3.63) is 65.2 Å². The van der Waals surface area contributed by atoms with Crippen molar-refractivity contribution in [2.75, 3.05) is 6.54 Å². The Labute approximate surface area is 177 Å². The predicted octanol–water partition coefficient (Wildman–Crippen LogP) is 3.63. The van der Waals surface area contributed by atoms with Gasteiger partial charge in [-0.3, -0.25) is 14.5 Å². The smallest absolute Gasteiger partial charge is 0.260 e. The number of halogens is 1. The molecule has 0 radical (unpaired) electrons. The molecule has 0 spiro atoms. The van der Waals surface area contributed by atoms with Crippen LogP contribution in [-0.2, 0) is 4.79 Å². The standard InChI is InChI=1S/C20H18ClN5O2S/c21-15-11-9-14(10-12-15)18(27)25-13-5-4-8-17(19(25)28)29-20-22-23-24-26(20)16-6-2-1-3-7-16/h1-3,6-7,9-12,17H,4-5,8,13H2/t17-/m0/s1. The molecule has 7 nitrogen and oxygen atoms in total. The molecule has 0 unspecified atom stereocenters. The number of carbonyl (C=O) groups is 2. The molecule has 1 aliphatic rings. The van der Waals surface area contributed by atoms with Gasteiger partial charge in [0.05, 0.1) is 10.9 Å². The van der Waals surface area contributed by atoms with Crippen molar-refractivity contribution in [1.29, 1.82) is 0 Å². The second-order valence-electron chi connectivity index (χ2n) is 6.61. The molecule has 4 rings (SSSR count). The third-order valence-electron chi connectivity index (χ3n) is 4.67. The van der Waals surface area contributed by atoms with E-state index in [2.05, 4.69) is 15.5 Å². The summed E-state index contributed by atoms with van der Waals surface area (Å²) in [5.74, 6) is -0.517. The highest BCUT2D eigenvalue weighted by molar-refractivity contribution is 8.00. The van der Waals surface area contributed by atoms with Gasteiger partial charge in [0.15, 0.2) is 0 Å². The maximum Gasteiger partial charge on any atom is 0.260 e. The summed E-state index contributed by atoms with van der Waals surface area (Å²) >= 11 is 7.20. The zero-order valence-corrected chi connectivity index (χ0v) is 17.0. The minimum atomic E-state index is -0.429. The third kappa shape index (κ3) is 4.33. The quantitative estimate of drug-likeness (QED) is 0.591. The van der Waals surface area contributed by atoms with Gasteiger partial charge in [-0.25, -0.2) is 0 Å². The summed E-state index contributed by atoms with van der Waals surface area (Å²) in [6, 6.07) is 16.1.